The van der Waals surface area contributed by atoms with Gasteiger partial charge in [-0.15, -0.1) is 0 Å². The minimum atomic E-state index is 0.627. The molecule has 0 radical (unpaired) electrons. The van der Waals surface area contributed by atoms with Crippen LogP contribution in [0.25, 0.3) is 0 Å². The van der Waals surface area contributed by atoms with E-state index in [-0.39, 0.29) is 0 Å². The molecule has 0 amide bonds. The standard InChI is InChI=1S/C12H13ClN4S/c1-7(11-8(2)17-18-12(11)14)15-16-10-6-4-3-5-9(10)13/h3-6,16H,14H2,1-2H3/b15-7-. The molecule has 0 aliphatic rings. The highest BCUT2D eigenvalue weighted by atomic mass is 35.5. The first kappa shape index (κ1) is 12.9. The number of para-hydroxylation sites is 1. The van der Waals surface area contributed by atoms with E-state index in [9.17, 15) is 0 Å². The molecule has 6 heteroatoms. The lowest BCUT2D eigenvalue weighted by Gasteiger charge is -2.05. The Labute approximate surface area is 115 Å². The lowest BCUT2D eigenvalue weighted by atomic mass is 10.2. The van der Waals surface area contributed by atoms with Crippen molar-refractivity contribution in [2.75, 3.05) is 11.2 Å². The maximum absolute atomic E-state index is 6.03. The van der Waals surface area contributed by atoms with Crippen LogP contribution in [-0.4, -0.2) is 10.1 Å². The van der Waals surface area contributed by atoms with Gasteiger partial charge >= 0.3 is 0 Å². The van der Waals surface area contributed by atoms with E-state index < -0.39 is 0 Å². The summed E-state index contributed by atoms with van der Waals surface area (Å²) in [7, 11) is 0. The Balaban J connectivity index is 2.23. The predicted molar refractivity (Wildman–Crippen MR) is 78.5 cm³/mol. The average molecular weight is 281 g/mol. The molecule has 0 bridgehead atoms. The van der Waals surface area contributed by atoms with E-state index in [0.29, 0.717) is 10.0 Å². The number of benzene rings is 1. The number of nitrogen functional groups attached to an aromatic ring is 1. The van der Waals surface area contributed by atoms with Gasteiger partial charge < -0.3 is 5.73 Å². The maximum atomic E-state index is 6.03. The molecule has 0 saturated carbocycles. The molecule has 2 rings (SSSR count). The van der Waals surface area contributed by atoms with Crippen LogP contribution >= 0.6 is 23.1 Å². The fraction of sp³-hybridized carbons (Fsp3) is 0.167. The third-order valence-corrected chi connectivity index (χ3v) is 3.56. The van der Waals surface area contributed by atoms with Gasteiger partial charge in [-0.3, -0.25) is 5.43 Å². The van der Waals surface area contributed by atoms with E-state index in [1.165, 1.54) is 11.5 Å². The van der Waals surface area contributed by atoms with E-state index in [0.717, 1.165) is 22.7 Å². The van der Waals surface area contributed by atoms with Crippen LogP contribution in [0.4, 0.5) is 10.7 Å². The molecule has 1 aromatic carbocycles. The van der Waals surface area contributed by atoms with Crippen molar-refractivity contribution in [3.63, 3.8) is 0 Å². The van der Waals surface area contributed by atoms with Crippen LogP contribution in [0.5, 0.6) is 0 Å². The second-order valence-corrected chi connectivity index (χ2v) is 5.01. The number of hydrogen-bond donors (Lipinski definition) is 2. The van der Waals surface area contributed by atoms with Gasteiger partial charge in [-0.05, 0) is 37.5 Å². The summed E-state index contributed by atoms with van der Waals surface area (Å²) in [4.78, 5) is 0. The highest BCUT2D eigenvalue weighted by Crippen LogP contribution is 2.23. The molecule has 0 atom stereocenters. The Morgan fingerprint density at radius 2 is 2.17 bits per heavy atom. The van der Waals surface area contributed by atoms with Gasteiger partial charge in [0.1, 0.15) is 5.00 Å². The minimum absolute atomic E-state index is 0.627. The predicted octanol–water partition coefficient (Wildman–Crippen LogP) is 3.52. The first-order valence-corrected chi connectivity index (χ1v) is 6.51. The SMILES string of the molecule is C/C(=N/Nc1ccccc1Cl)c1c(C)nsc1N. The molecule has 2 aromatic rings. The number of nitrogens with one attached hydrogen (secondary N) is 1. The highest BCUT2D eigenvalue weighted by molar-refractivity contribution is 7.10. The number of aryl methyl sites for hydroxylation is 1. The third-order valence-electron chi connectivity index (χ3n) is 2.47. The van der Waals surface area contributed by atoms with Crippen molar-refractivity contribution >= 4 is 39.5 Å². The van der Waals surface area contributed by atoms with Gasteiger partial charge in [0, 0.05) is 0 Å². The van der Waals surface area contributed by atoms with Crippen molar-refractivity contribution < 1.29 is 0 Å². The van der Waals surface area contributed by atoms with Crippen LogP contribution < -0.4 is 11.2 Å². The zero-order valence-corrected chi connectivity index (χ0v) is 11.6. The van der Waals surface area contributed by atoms with Gasteiger partial charge in [-0.25, -0.2) is 0 Å². The maximum Gasteiger partial charge on any atom is 0.116 e. The van der Waals surface area contributed by atoms with Gasteiger partial charge in [-0.1, -0.05) is 23.7 Å². The fourth-order valence-corrected chi connectivity index (χ4v) is 2.47. The number of hydrazone groups is 1. The molecule has 18 heavy (non-hydrogen) atoms. The van der Waals surface area contributed by atoms with Crippen LogP contribution in [0.15, 0.2) is 29.4 Å². The number of aromatic nitrogens is 1. The summed E-state index contributed by atoms with van der Waals surface area (Å²) in [6.07, 6.45) is 0. The van der Waals surface area contributed by atoms with Crippen LogP contribution in [0.2, 0.25) is 5.02 Å². The van der Waals surface area contributed by atoms with Crippen molar-refractivity contribution in [1.82, 2.24) is 4.37 Å². The van der Waals surface area contributed by atoms with Gasteiger partial charge in [0.05, 0.1) is 27.7 Å². The van der Waals surface area contributed by atoms with E-state index in [4.69, 9.17) is 17.3 Å². The molecular formula is C12H13ClN4S. The molecule has 0 aliphatic carbocycles. The largest absolute Gasteiger partial charge is 0.389 e. The van der Waals surface area contributed by atoms with Gasteiger partial charge in [0.25, 0.3) is 0 Å². The molecule has 0 aliphatic heterocycles. The summed E-state index contributed by atoms with van der Waals surface area (Å²) < 4.78 is 4.19. The number of nitrogens with zero attached hydrogens (tertiary/aromatic N) is 2. The molecule has 4 nitrogen and oxygen atoms in total. The van der Waals surface area contributed by atoms with Crippen molar-refractivity contribution in [2.45, 2.75) is 13.8 Å². The molecule has 94 valence electrons. The Morgan fingerprint density at radius 3 is 2.78 bits per heavy atom. The third kappa shape index (κ3) is 2.63. The highest BCUT2D eigenvalue weighted by Gasteiger charge is 2.10. The normalized spacial score (nSPS) is 11.6. The van der Waals surface area contributed by atoms with Crippen molar-refractivity contribution in [3.05, 3.63) is 40.5 Å². The molecule has 0 saturated heterocycles. The summed E-state index contributed by atoms with van der Waals surface area (Å²) in [6.45, 7) is 3.80. The Morgan fingerprint density at radius 1 is 1.44 bits per heavy atom. The quantitative estimate of drug-likeness (QED) is 0.668. The zero-order valence-electron chi connectivity index (χ0n) is 10.1. The zero-order chi connectivity index (χ0) is 13.1. The smallest absolute Gasteiger partial charge is 0.116 e. The Bertz CT molecular complexity index is 572. The summed E-state index contributed by atoms with van der Waals surface area (Å²) >= 11 is 7.31. The number of hydrogen-bond acceptors (Lipinski definition) is 5. The number of halogens is 1. The molecule has 1 heterocycles. The fourth-order valence-electron chi connectivity index (χ4n) is 1.58. The lowest BCUT2D eigenvalue weighted by molar-refractivity contribution is 1.29. The van der Waals surface area contributed by atoms with Gasteiger partial charge in [0.15, 0.2) is 0 Å². The molecule has 0 unspecified atom stereocenters. The molecule has 1 aromatic heterocycles. The second kappa shape index (κ2) is 5.37. The van der Waals surface area contributed by atoms with Crippen molar-refractivity contribution in [2.24, 2.45) is 5.10 Å². The summed E-state index contributed by atoms with van der Waals surface area (Å²) in [6, 6.07) is 7.43. The summed E-state index contributed by atoms with van der Waals surface area (Å²) in [5, 5.41) is 5.59. The first-order chi connectivity index (χ1) is 8.59. The molecule has 0 spiro atoms. The summed E-state index contributed by atoms with van der Waals surface area (Å²) in [5.41, 5.74) is 12.1. The summed E-state index contributed by atoms with van der Waals surface area (Å²) in [5.74, 6) is 0. The van der Waals surface area contributed by atoms with Gasteiger partial charge in [0.2, 0.25) is 0 Å². The van der Waals surface area contributed by atoms with E-state index in [1.807, 2.05) is 32.0 Å². The number of nitrogens with two attached hydrogens (primary N) is 1. The minimum Gasteiger partial charge on any atom is -0.389 e. The average Bonchev–Trinajstić information content (AvgIpc) is 2.68. The monoisotopic (exact) mass is 280 g/mol. The van der Waals surface area contributed by atoms with E-state index >= 15 is 0 Å². The first-order valence-electron chi connectivity index (χ1n) is 5.36. The molecule has 3 N–H and O–H groups in total. The Hall–Kier alpha value is -1.59. The van der Waals surface area contributed by atoms with Gasteiger partial charge in [-0.2, -0.15) is 9.47 Å². The van der Waals surface area contributed by atoms with Crippen molar-refractivity contribution in [1.29, 1.82) is 0 Å². The van der Waals surface area contributed by atoms with E-state index in [2.05, 4.69) is 14.9 Å². The van der Waals surface area contributed by atoms with Crippen LogP contribution in [-0.2, 0) is 0 Å². The lowest BCUT2D eigenvalue weighted by Crippen LogP contribution is -2.03. The van der Waals surface area contributed by atoms with Crippen LogP contribution in [0.3, 0.4) is 0 Å². The Kier molecular flexibility index (Phi) is 3.84. The van der Waals surface area contributed by atoms with E-state index in [1.54, 1.807) is 6.07 Å². The van der Waals surface area contributed by atoms with Crippen molar-refractivity contribution in [3.8, 4) is 0 Å². The number of anilines is 2. The topological polar surface area (TPSA) is 63.3 Å². The second-order valence-electron chi connectivity index (χ2n) is 3.80. The van der Waals surface area contributed by atoms with Crippen LogP contribution in [0.1, 0.15) is 18.2 Å². The molecular weight excluding hydrogens is 268 g/mol. The molecule has 0 fully saturated rings. The number of rotatable bonds is 3. The van der Waals surface area contributed by atoms with Crippen LogP contribution in [0, 0.1) is 6.92 Å².